The van der Waals surface area contributed by atoms with E-state index in [1.807, 2.05) is 35.2 Å². The molecule has 1 aromatic rings. The molecular weight excluding hydrogens is 326 g/mol. The number of hydrogen-bond donors (Lipinski definition) is 2. The molecule has 2 rings (SSSR count). The van der Waals surface area contributed by atoms with Crippen LogP contribution in [0.2, 0.25) is 0 Å². The quantitative estimate of drug-likeness (QED) is 0.735. The fourth-order valence-corrected chi connectivity index (χ4v) is 2.85. The molecular formula is C18H28ClN3O2. The van der Waals surface area contributed by atoms with Gasteiger partial charge in [-0.1, -0.05) is 36.8 Å². The second-order valence-electron chi connectivity index (χ2n) is 6.13. The van der Waals surface area contributed by atoms with E-state index >= 15 is 0 Å². The molecule has 1 fully saturated rings. The minimum atomic E-state index is -0.530. The summed E-state index contributed by atoms with van der Waals surface area (Å²) < 4.78 is 0. The Balaban J connectivity index is 0.00000288. The fourth-order valence-electron chi connectivity index (χ4n) is 2.85. The zero-order valence-electron chi connectivity index (χ0n) is 14.1. The summed E-state index contributed by atoms with van der Waals surface area (Å²) in [5.41, 5.74) is 7.00. The number of rotatable bonds is 7. The van der Waals surface area contributed by atoms with Crippen LogP contribution in [0.1, 0.15) is 37.7 Å². The van der Waals surface area contributed by atoms with Gasteiger partial charge in [0.2, 0.25) is 11.8 Å². The van der Waals surface area contributed by atoms with Gasteiger partial charge in [0.05, 0.1) is 6.04 Å². The highest BCUT2D eigenvalue weighted by atomic mass is 35.5. The minimum absolute atomic E-state index is 0. The molecule has 2 amide bonds. The van der Waals surface area contributed by atoms with E-state index in [9.17, 15) is 9.59 Å². The van der Waals surface area contributed by atoms with Gasteiger partial charge in [-0.05, 0) is 31.2 Å². The van der Waals surface area contributed by atoms with Crippen molar-refractivity contribution in [3.63, 3.8) is 0 Å². The molecule has 1 aliphatic heterocycles. The number of benzene rings is 1. The van der Waals surface area contributed by atoms with Crippen LogP contribution in [-0.4, -0.2) is 42.4 Å². The van der Waals surface area contributed by atoms with E-state index in [0.29, 0.717) is 25.9 Å². The first-order chi connectivity index (χ1) is 11.2. The van der Waals surface area contributed by atoms with E-state index in [1.54, 1.807) is 0 Å². The monoisotopic (exact) mass is 353 g/mol. The highest BCUT2D eigenvalue weighted by Gasteiger charge is 2.16. The maximum Gasteiger partial charge on any atom is 0.237 e. The lowest BCUT2D eigenvalue weighted by molar-refractivity contribution is -0.130. The summed E-state index contributed by atoms with van der Waals surface area (Å²) >= 11 is 0. The van der Waals surface area contributed by atoms with Crippen LogP contribution in [-0.2, 0) is 16.0 Å². The van der Waals surface area contributed by atoms with Crippen LogP contribution in [0.4, 0.5) is 0 Å². The Morgan fingerprint density at radius 1 is 1.21 bits per heavy atom. The van der Waals surface area contributed by atoms with Gasteiger partial charge in [-0.25, -0.2) is 0 Å². The molecule has 0 aromatic heterocycles. The van der Waals surface area contributed by atoms with Crippen LogP contribution < -0.4 is 11.1 Å². The fraction of sp³-hybridized carbons (Fsp3) is 0.556. The number of amides is 2. The second-order valence-corrected chi connectivity index (χ2v) is 6.13. The Hall–Kier alpha value is -1.59. The number of nitrogens with zero attached hydrogens (tertiary/aromatic N) is 1. The van der Waals surface area contributed by atoms with Crippen molar-refractivity contribution in [1.29, 1.82) is 0 Å². The molecule has 3 N–H and O–H groups in total. The van der Waals surface area contributed by atoms with Crippen LogP contribution in [0, 0.1) is 0 Å². The lowest BCUT2D eigenvalue weighted by Crippen LogP contribution is -2.43. The summed E-state index contributed by atoms with van der Waals surface area (Å²) in [4.78, 5) is 25.8. The van der Waals surface area contributed by atoms with E-state index in [0.717, 1.165) is 37.8 Å². The molecule has 5 nitrogen and oxygen atoms in total. The maximum absolute atomic E-state index is 12.0. The van der Waals surface area contributed by atoms with Crippen molar-refractivity contribution in [2.45, 2.75) is 44.6 Å². The molecule has 1 saturated heterocycles. The van der Waals surface area contributed by atoms with Crippen LogP contribution in [0.3, 0.4) is 0 Å². The third-order valence-electron chi connectivity index (χ3n) is 4.21. The highest BCUT2D eigenvalue weighted by molar-refractivity contribution is 5.85. The standard InChI is InChI=1S/C18H27N3O2.ClH/c19-16(14-15-8-3-1-4-9-15)18(23)20-11-7-13-21-12-6-2-5-10-17(21)22;/h1,3-4,8-9,16H,2,5-7,10-14,19H2,(H,20,23);1H. The van der Waals surface area contributed by atoms with Crippen molar-refractivity contribution in [1.82, 2.24) is 10.2 Å². The van der Waals surface area contributed by atoms with Gasteiger partial charge in [-0.15, -0.1) is 12.4 Å². The van der Waals surface area contributed by atoms with Crippen molar-refractivity contribution in [2.24, 2.45) is 5.73 Å². The Morgan fingerprint density at radius 3 is 2.71 bits per heavy atom. The summed E-state index contributed by atoms with van der Waals surface area (Å²) in [6, 6.07) is 9.24. The molecule has 0 radical (unpaired) electrons. The Bertz CT molecular complexity index is 510. The van der Waals surface area contributed by atoms with Gasteiger partial charge in [-0.3, -0.25) is 9.59 Å². The Morgan fingerprint density at radius 2 is 1.96 bits per heavy atom. The number of nitrogens with two attached hydrogens (primary N) is 1. The number of halogens is 1. The summed E-state index contributed by atoms with van der Waals surface area (Å²) in [6.45, 7) is 2.12. The highest BCUT2D eigenvalue weighted by Crippen LogP contribution is 2.11. The molecule has 1 heterocycles. The normalized spacial score (nSPS) is 16.0. The predicted octanol–water partition coefficient (Wildman–Crippen LogP) is 1.89. The molecule has 0 bridgehead atoms. The van der Waals surface area contributed by atoms with Gasteiger partial charge >= 0.3 is 0 Å². The predicted molar refractivity (Wildman–Crippen MR) is 98.0 cm³/mol. The first-order valence-electron chi connectivity index (χ1n) is 8.52. The molecule has 134 valence electrons. The summed E-state index contributed by atoms with van der Waals surface area (Å²) in [5, 5.41) is 2.87. The topological polar surface area (TPSA) is 75.4 Å². The Labute approximate surface area is 150 Å². The van der Waals surface area contributed by atoms with Gasteiger partial charge in [0.15, 0.2) is 0 Å². The van der Waals surface area contributed by atoms with Gasteiger partial charge < -0.3 is 16.0 Å². The molecule has 6 heteroatoms. The largest absolute Gasteiger partial charge is 0.355 e. The van der Waals surface area contributed by atoms with E-state index in [1.165, 1.54) is 0 Å². The lowest BCUT2D eigenvalue weighted by Gasteiger charge is -2.20. The van der Waals surface area contributed by atoms with Crippen LogP contribution in [0.15, 0.2) is 30.3 Å². The van der Waals surface area contributed by atoms with Gasteiger partial charge in [0.25, 0.3) is 0 Å². The number of hydrogen-bond acceptors (Lipinski definition) is 3. The lowest BCUT2D eigenvalue weighted by atomic mass is 10.1. The number of carbonyl (C=O) groups is 2. The van der Waals surface area contributed by atoms with Gasteiger partial charge in [0.1, 0.15) is 0 Å². The average Bonchev–Trinajstić information content (AvgIpc) is 2.77. The van der Waals surface area contributed by atoms with E-state index in [-0.39, 0.29) is 24.2 Å². The van der Waals surface area contributed by atoms with Gasteiger partial charge in [-0.2, -0.15) is 0 Å². The van der Waals surface area contributed by atoms with Crippen molar-refractivity contribution in [2.75, 3.05) is 19.6 Å². The number of nitrogens with one attached hydrogen (secondary N) is 1. The van der Waals surface area contributed by atoms with Crippen LogP contribution >= 0.6 is 12.4 Å². The molecule has 1 atom stereocenters. The Kier molecular flexibility index (Phi) is 9.42. The van der Waals surface area contributed by atoms with Crippen molar-refractivity contribution < 1.29 is 9.59 Å². The zero-order valence-corrected chi connectivity index (χ0v) is 14.9. The smallest absolute Gasteiger partial charge is 0.237 e. The third-order valence-corrected chi connectivity index (χ3v) is 4.21. The molecule has 1 aromatic carbocycles. The minimum Gasteiger partial charge on any atom is -0.355 e. The van der Waals surface area contributed by atoms with E-state index < -0.39 is 6.04 Å². The molecule has 0 saturated carbocycles. The van der Waals surface area contributed by atoms with Crippen LogP contribution in [0.25, 0.3) is 0 Å². The average molecular weight is 354 g/mol. The number of likely N-dealkylation sites (tertiary alicyclic amines) is 1. The van der Waals surface area contributed by atoms with Gasteiger partial charge in [0, 0.05) is 26.1 Å². The van der Waals surface area contributed by atoms with E-state index in [2.05, 4.69) is 5.32 Å². The zero-order chi connectivity index (χ0) is 16.5. The van der Waals surface area contributed by atoms with Crippen molar-refractivity contribution in [3.8, 4) is 0 Å². The summed E-state index contributed by atoms with van der Waals surface area (Å²) in [5.74, 6) is 0.116. The van der Waals surface area contributed by atoms with Crippen molar-refractivity contribution >= 4 is 24.2 Å². The first-order valence-corrected chi connectivity index (χ1v) is 8.52. The molecule has 1 aliphatic rings. The van der Waals surface area contributed by atoms with Crippen LogP contribution in [0.5, 0.6) is 0 Å². The summed E-state index contributed by atoms with van der Waals surface area (Å²) in [7, 11) is 0. The first kappa shape index (κ1) is 20.5. The molecule has 24 heavy (non-hydrogen) atoms. The maximum atomic E-state index is 12.0. The SMILES string of the molecule is Cl.NC(Cc1ccccc1)C(=O)NCCCN1CCCCCC1=O. The van der Waals surface area contributed by atoms with E-state index in [4.69, 9.17) is 5.73 Å². The number of carbonyl (C=O) groups excluding carboxylic acids is 2. The molecule has 0 aliphatic carbocycles. The van der Waals surface area contributed by atoms with Crippen molar-refractivity contribution in [3.05, 3.63) is 35.9 Å². The summed E-state index contributed by atoms with van der Waals surface area (Å²) in [6.07, 6.45) is 5.19. The third kappa shape index (κ3) is 6.89. The molecule has 1 unspecified atom stereocenters. The molecule has 0 spiro atoms. The second kappa shape index (κ2) is 11.0.